The number of benzene rings is 1. The van der Waals surface area contributed by atoms with Crippen LogP contribution in [0.25, 0.3) is 10.6 Å². The first-order valence-electron chi connectivity index (χ1n) is 6.16. The number of anilines is 1. The number of nitrogens with one attached hydrogen (secondary N) is 1. The summed E-state index contributed by atoms with van der Waals surface area (Å²) in [7, 11) is 0. The Kier molecular flexibility index (Phi) is 4.20. The minimum atomic E-state index is -0.307. The summed E-state index contributed by atoms with van der Waals surface area (Å²) < 4.78 is 0. The molecule has 0 radical (unpaired) electrons. The van der Waals surface area contributed by atoms with E-state index in [1.54, 1.807) is 34.9 Å². The van der Waals surface area contributed by atoms with Gasteiger partial charge in [-0.15, -0.1) is 11.3 Å². The van der Waals surface area contributed by atoms with Gasteiger partial charge in [0, 0.05) is 22.0 Å². The molecule has 0 saturated heterocycles. The number of carbonyl (C=O) groups is 1. The molecule has 22 heavy (non-hydrogen) atoms. The highest BCUT2D eigenvalue weighted by Gasteiger charge is 2.13. The standard InChI is InChI=1S/C15H8ClN3OS2/c16-12-5-11(2-1-9(12)6-17)18-14(20)13-8-22-15(19-13)10-3-4-21-7-10/h1-5,7-8H,(H,18,20). The number of halogens is 1. The number of amides is 1. The average Bonchev–Trinajstić information content (AvgIpc) is 3.18. The molecular formula is C15H8ClN3OS2. The second-order valence-electron chi connectivity index (χ2n) is 4.31. The molecule has 2 aromatic heterocycles. The van der Waals surface area contributed by atoms with Gasteiger partial charge in [-0.2, -0.15) is 16.6 Å². The number of hydrogen-bond donors (Lipinski definition) is 1. The van der Waals surface area contributed by atoms with Gasteiger partial charge in [0.2, 0.25) is 0 Å². The van der Waals surface area contributed by atoms with Gasteiger partial charge in [0.25, 0.3) is 5.91 Å². The summed E-state index contributed by atoms with van der Waals surface area (Å²) in [5, 5.41) is 18.3. The lowest BCUT2D eigenvalue weighted by molar-refractivity contribution is 0.102. The number of hydrogen-bond acceptors (Lipinski definition) is 5. The summed E-state index contributed by atoms with van der Waals surface area (Å²) in [6, 6.07) is 8.68. The van der Waals surface area contributed by atoms with E-state index in [0.717, 1.165) is 10.6 Å². The lowest BCUT2D eigenvalue weighted by Crippen LogP contribution is -2.12. The first-order chi connectivity index (χ1) is 10.7. The SMILES string of the molecule is N#Cc1ccc(NC(=O)c2csc(-c3ccsc3)n2)cc1Cl. The molecule has 2 heterocycles. The van der Waals surface area contributed by atoms with Crippen LogP contribution in [0.2, 0.25) is 5.02 Å². The molecule has 0 aliphatic carbocycles. The Balaban J connectivity index is 1.78. The second-order valence-corrected chi connectivity index (χ2v) is 6.36. The minimum absolute atomic E-state index is 0.303. The average molecular weight is 346 g/mol. The Morgan fingerprint density at radius 2 is 2.18 bits per heavy atom. The molecule has 0 bridgehead atoms. The van der Waals surface area contributed by atoms with E-state index in [1.807, 2.05) is 22.9 Å². The maximum atomic E-state index is 12.2. The summed E-state index contributed by atoms with van der Waals surface area (Å²) in [5.41, 5.74) is 2.26. The molecule has 4 nitrogen and oxygen atoms in total. The zero-order valence-corrected chi connectivity index (χ0v) is 13.4. The zero-order chi connectivity index (χ0) is 15.5. The third-order valence-corrected chi connectivity index (χ3v) is 4.74. The Morgan fingerprint density at radius 3 is 2.86 bits per heavy atom. The number of nitriles is 1. The monoisotopic (exact) mass is 345 g/mol. The molecule has 0 atom stereocenters. The van der Waals surface area contributed by atoms with Crippen molar-refractivity contribution >= 4 is 45.9 Å². The number of rotatable bonds is 3. The molecule has 1 aromatic carbocycles. The molecule has 0 unspecified atom stereocenters. The normalized spacial score (nSPS) is 10.2. The van der Waals surface area contributed by atoms with E-state index in [1.165, 1.54) is 11.3 Å². The minimum Gasteiger partial charge on any atom is -0.321 e. The van der Waals surface area contributed by atoms with Gasteiger partial charge in [-0.25, -0.2) is 4.98 Å². The first-order valence-corrected chi connectivity index (χ1v) is 8.36. The van der Waals surface area contributed by atoms with Crippen LogP contribution >= 0.6 is 34.3 Å². The molecule has 0 aliphatic heterocycles. The van der Waals surface area contributed by atoms with Crippen LogP contribution in [0.5, 0.6) is 0 Å². The number of aromatic nitrogens is 1. The highest BCUT2D eigenvalue weighted by molar-refractivity contribution is 7.14. The van der Waals surface area contributed by atoms with Crippen LogP contribution in [0.4, 0.5) is 5.69 Å². The van der Waals surface area contributed by atoms with E-state index in [4.69, 9.17) is 16.9 Å². The van der Waals surface area contributed by atoms with Crippen molar-refractivity contribution in [3.63, 3.8) is 0 Å². The van der Waals surface area contributed by atoms with Gasteiger partial charge >= 0.3 is 0 Å². The quantitative estimate of drug-likeness (QED) is 0.751. The van der Waals surface area contributed by atoms with Crippen molar-refractivity contribution in [1.82, 2.24) is 4.98 Å². The van der Waals surface area contributed by atoms with E-state index in [9.17, 15) is 4.79 Å². The number of thiazole rings is 1. The Bertz CT molecular complexity index is 865. The fourth-order valence-corrected chi connectivity index (χ4v) is 3.51. The predicted octanol–water partition coefficient (Wildman–Crippen LogP) is 4.65. The van der Waals surface area contributed by atoms with Crippen molar-refractivity contribution in [1.29, 1.82) is 5.26 Å². The fraction of sp³-hybridized carbons (Fsp3) is 0. The Hall–Kier alpha value is -2.20. The van der Waals surface area contributed by atoms with Crippen molar-refractivity contribution in [3.05, 3.63) is 56.7 Å². The molecule has 3 aromatic rings. The van der Waals surface area contributed by atoms with Gasteiger partial charge in [0.05, 0.1) is 10.6 Å². The highest BCUT2D eigenvalue weighted by Crippen LogP contribution is 2.26. The topological polar surface area (TPSA) is 65.8 Å². The highest BCUT2D eigenvalue weighted by atomic mass is 35.5. The smallest absolute Gasteiger partial charge is 0.275 e. The van der Waals surface area contributed by atoms with E-state index >= 15 is 0 Å². The summed E-state index contributed by atoms with van der Waals surface area (Å²) in [4.78, 5) is 16.5. The van der Waals surface area contributed by atoms with Crippen molar-refractivity contribution in [2.24, 2.45) is 0 Å². The zero-order valence-electron chi connectivity index (χ0n) is 11.0. The van der Waals surface area contributed by atoms with E-state index in [0.29, 0.717) is 22.0 Å². The molecule has 0 fully saturated rings. The predicted molar refractivity (Wildman–Crippen MR) is 89.5 cm³/mol. The van der Waals surface area contributed by atoms with Crippen LogP contribution in [-0.2, 0) is 0 Å². The van der Waals surface area contributed by atoms with Crippen LogP contribution in [0.3, 0.4) is 0 Å². The molecule has 0 saturated carbocycles. The molecule has 1 amide bonds. The maximum absolute atomic E-state index is 12.2. The van der Waals surface area contributed by atoms with Gasteiger partial charge in [-0.1, -0.05) is 11.6 Å². The van der Waals surface area contributed by atoms with E-state index in [-0.39, 0.29) is 5.91 Å². The van der Waals surface area contributed by atoms with Crippen molar-refractivity contribution in [2.45, 2.75) is 0 Å². The summed E-state index contributed by atoms with van der Waals surface area (Å²) >= 11 is 8.95. The number of thiophene rings is 1. The van der Waals surface area contributed by atoms with E-state index in [2.05, 4.69) is 10.3 Å². The Labute approximate surface area is 139 Å². The molecule has 7 heteroatoms. The lowest BCUT2D eigenvalue weighted by atomic mass is 10.2. The summed E-state index contributed by atoms with van der Waals surface area (Å²) in [6.07, 6.45) is 0. The molecule has 0 spiro atoms. The van der Waals surface area contributed by atoms with Crippen molar-refractivity contribution in [2.75, 3.05) is 5.32 Å². The maximum Gasteiger partial charge on any atom is 0.275 e. The van der Waals surface area contributed by atoms with Gasteiger partial charge in [0.1, 0.15) is 16.8 Å². The Morgan fingerprint density at radius 1 is 1.32 bits per heavy atom. The van der Waals surface area contributed by atoms with Gasteiger partial charge < -0.3 is 5.32 Å². The largest absolute Gasteiger partial charge is 0.321 e. The fourth-order valence-electron chi connectivity index (χ4n) is 1.78. The number of carbonyl (C=O) groups excluding carboxylic acids is 1. The first kappa shape index (κ1) is 14.7. The molecule has 108 valence electrons. The van der Waals surface area contributed by atoms with Crippen LogP contribution in [-0.4, -0.2) is 10.9 Å². The second kappa shape index (κ2) is 6.28. The number of nitrogens with zero attached hydrogens (tertiary/aromatic N) is 2. The van der Waals surface area contributed by atoms with Gasteiger partial charge in [-0.3, -0.25) is 4.79 Å². The van der Waals surface area contributed by atoms with Crippen LogP contribution in [0.1, 0.15) is 16.1 Å². The lowest BCUT2D eigenvalue weighted by Gasteiger charge is -2.04. The third kappa shape index (κ3) is 3.02. The van der Waals surface area contributed by atoms with Crippen molar-refractivity contribution in [3.8, 4) is 16.6 Å². The third-order valence-electron chi connectivity index (χ3n) is 2.85. The summed E-state index contributed by atoms with van der Waals surface area (Å²) in [6.45, 7) is 0. The van der Waals surface area contributed by atoms with Crippen LogP contribution in [0, 0.1) is 11.3 Å². The van der Waals surface area contributed by atoms with E-state index < -0.39 is 0 Å². The van der Waals surface area contributed by atoms with Crippen molar-refractivity contribution < 1.29 is 4.79 Å². The molecule has 3 rings (SSSR count). The van der Waals surface area contributed by atoms with Gasteiger partial charge in [-0.05, 0) is 29.6 Å². The molecular weight excluding hydrogens is 338 g/mol. The van der Waals surface area contributed by atoms with Gasteiger partial charge in [0.15, 0.2) is 0 Å². The van der Waals surface area contributed by atoms with Crippen LogP contribution < -0.4 is 5.32 Å². The molecule has 0 aliphatic rings. The van der Waals surface area contributed by atoms with Crippen LogP contribution in [0.15, 0.2) is 40.4 Å². The summed E-state index contributed by atoms with van der Waals surface area (Å²) in [5.74, 6) is -0.307. The molecule has 1 N–H and O–H groups in total.